The summed E-state index contributed by atoms with van der Waals surface area (Å²) in [6.45, 7) is 4.21. The third kappa shape index (κ3) is 1.46. The van der Waals surface area contributed by atoms with Crippen LogP contribution in [0.15, 0.2) is 0 Å². The van der Waals surface area contributed by atoms with Crippen molar-refractivity contribution in [3.8, 4) is 0 Å². The Morgan fingerprint density at radius 3 is 2.92 bits per heavy atom. The normalized spacial score (nSPS) is 22.0. The van der Waals surface area contributed by atoms with Crippen LogP contribution in [-0.2, 0) is 6.42 Å². The summed E-state index contributed by atoms with van der Waals surface area (Å²) in [6.07, 6.45) is 3.22. The molecule has 0 fully saturated rings. The molecule has 0 bridgehead atoms. The fourth-order valence-electron chi connectivity index (χ4n) is 1.65. The zero-order valence-corrected chi connectivity index (χ0v) is 8.20. The highest BCUT2D eigenvalue weighted by atomic mass is 15.4. The molecule has 0 amide bonds. The molecule has 2 N–H and O–H groups in total. The number of rotatable bonds is 1. The second-order valence-electron chi connectivity index (χ2n) is 3.95. The Hall–Kier alpha value is -0.900. The zero-order chi connectivity index (χ0) is 9.42. The third-order valence-corrected chi connectivity index (χ3v) is 2.45. The summed E-state index contributed by atoms with van der Waals surface area (Å²) in [5, 5.41) is 4.41. The van der Waals surface area contributed by atoms with Crippen LogP contribution in [0.25, 0.3) is 0 Å². The Bertz CT molecular complexity index is 303. The quantitative estimate of drug-likeness (QED) is 0.706. The molecule has 13 heavy (non-hydrogen) atoms. The van der Waals surface area contributed by atoms with Gasteiger partial charge in [-0.2, -0.15) is 5.10 Å². The van der Waals surface area contributed by atoms with Gasteiger partial charge in [-0.3, -0.25) is 0 Å². The first-order valence-corrected chi connectivity index (χ1v) is 4.89. The van der Waals surface area contributed by atoms with E-state index in [2.05, 4.69) is 23.9 Å². The van der Waals surface area contributed by atoms with Crippen LogP contribution < -0.4 is 5.73 Å². The molecule has 1 unspecified atom stereocenters. The van der Waals surface area contributed by atoms with Crippen molar-refractivity contribution < 1.29 is 0 Å². The van der Waals surface area contributed by atoms with E-state index < -0.39 is 0 Å². The number of aryl methyl sites for hydroxylation is 1. The van der Waals surface area contributed by atoms with E-state index >= 15 is 0 Å². The van der Waals surface area contributed by atoms with E-state index in [1.807, 2.05) is 4.68 Å². The smallest absolute Gasteiger partial charge is 0.153 e. The summed E-state index contributed by atoms with van der Waals surface area (Å²) < 4.78 is 1.89. The van der Waals surface area contributed by atoms with Crippen LogP contribution in [0.4, 0.5) is 0 Å². The molecule has 1 atom stereocenters. The standard InChI is InChI=1S/C9H16N4/c1-6(2)9-11-8-5-3-4-7(10)13(8)12-9/h6-7H,3-5,10H2,1-2H3. The highest BCUT2D eigenvalue weighted by Gasteiger charge is 2.20. The van der Waals surface area contributed by atoms with Crippen molar-refractivity contribution >= 4 is 0 Å². The summed E-state index contributed by atoms with van der Waals surface area (Å²) in [7, 11) is 0. The lowest BCUT2D eigenvalue weighted by Crippen LogP contribution is -2.25. The Labute approximate surface area is 78.1 Å². The van der Waals surface area contributed by atoms with Crippen molar-refractivity contribution in [3.05, 3.63) is 11.6 Å². The number of fused-ring (bicyclic) bond motifs is 1. The van der Waals surface area contributed by atoms with E-state index in [0.717, 1.165) is 30.9 Å². The molecule has 0 aromatic carbocycles. The van der Waals surface area contributed by atoms with Gasteiger partial charge in [-0.05, 0) is 12.8 Å². The molecule has 4 nitrogen and oxygen atoms in total. The summed E-state index contributed by atoms with van der Waals surface area (Å²) in [5.41, 5.74) is 5.92. The van der Waals surface area contributed by atoms with Crippen LogP contribution in [0.1, 0.15) is 50.4 Å². The molecule has 1 aromatic rings. The van der Waals surface area contributed by atoms with E-state index in [9.17, 15) is 0 Å². The minimum Gasteiger partial charge on any atom is -0.310 e. The van der Waals surface area contributed by atoms with Gasteiger partial charge in [0, 0.05) is 12.3 Å². The van der Waals surface area contributed by atoms with Crippen LogP contribution in [0, 0.1) is 0 Å². The van der Waals surface area contributed by atoms with Gasteiger partial charge in [0.1, 0.15) is 12.0 Å². The molecule has 4 heteroatoms. The SMILES string of the molecule is CC(C)c1nc2n(n1)C(N)CCC2. The molecule has 2 rings (SSSR count). The molecule has 0 aliphatic carbocycles. The lowest BCUT2D eigenvalue weighted by molar-refractivity contribution is 0.371. The molecule has 0 spiro atoms. The van der Waals surface area contributed by atoms with Crippen molar-refractivity contribution in [2.75, 3.05) is 0 Å². The van der Waals surface area contributed by atoms with Gasteiger partial charge in [0.05, 0.1) is 0 Å². The molecule has 72 valence electrons. The van der Waals surface area contributed by atoms with Crippen molar-refractivity contribution in [2.45, 2.75) is 45.2 Å². The first-order valence-electron chi connectivity index (χ1n) is 4.89. The van der Waals surface area contributed by atoms with Crippen molar-refractivity contribution in [3.63, 3.8) is 0 Å². The number of hydrogen-bond acceptors (Lipinski definition) is 3. The Morgan fingerprint density at radius 1 is 1.54 bits per heavy atom. The predicted octanol–water partition coefficient (Wildman–Crippen LogP) is 1.20. The number of aromatic nitrogens is 3. The zero-order valence-electron chi connectivity index (χ0n) is 8.20. The van der Waals surface area contributed by atoms with E-state index in [1.165, 1.54) is 0 Å². The molecule has 2 heterocycles. The van der Waals surface area contributed by atoms with Gasteiger partial charge < -0.3 is 5.73 Å². The van der Waals surface area contributed by atoms with Crippen molar-refractivity contribution in [1.29, 1.82) is 0 Å². The average Bonchev–Trinajstić information content (AvgIpc) is 2.49. The lowest BCUT2D eigenvalue weighted by atomic mass is 10.1. The summed E-state index contributed by atoms with van der Waals surface area (Å²) >= 11 is 0. The van der Waals surface area contributed by atoms with E-state index in [1.54, 1.807) is 0 Å². The van der Waals surface area contributed by atoms with Gasteiger partial charge in [0.15, 0.2) is 5.82 Å². The number of nitrogens with zero attached hydrogens (tertiary/aromatic N) is 3. The van der Waals surface area contributed by atoms with E-state index in [0.29, 0.717) is 5.92 Å². The minimum atomic E-state index is 0.0451. The van der Waals surface area contributed by atoms with Crippen molar-refractivity contribution in [1.82, 2.24) is 14.8 Å². The van der Waals surface area contributed by atoms with Crippen LogP contribution in [0.2, 0.25) is 0 Å². The van der Waals surface area contributed by atoms with Gasteiger partial charge in [-0.25, -0.2) is 9.67 Å². The molecule has 0 radical (unpaired) electrons. The summed E-state index contributed by atoms with van der Waals surface area (Å²) in [4.78, 5) is 4.47. The molecular weight excluding hydrogens is 164 g/mol. The Kier molecular flexibility index (Phi) is 2.07. The van der Waals surface area contributed by atoms with E-state index in [4.69, 9.17) is 5.73 Å². The highest BCUT2D eigenvalue weighted by Crippen LogP contribution is 2.20. The minimum absolute atomic E-state index is 0.0451. The second-order valence-corrected chi connectivity index (χ2v) is 3.95. The molecule has 1 aliphatic rings. The maximum absolute atomic E-state index is 5.92. The molecule has 0 saturated heterocycles. The average molecular weight is 180 g/mol. The van der Waals surface area contributed by atoms with Gasteiger partial charge >= 0.3 is 0 Å². The van der Waals surface area contributed by atoms with Crippen LogP contribution in [0.5, 0.6) is 0 Å². The lowest BCUT2D eigenvalue weighted by Gasteiger charge is -2.18. The predicted molar refractivity (Wildman–Crippen MR) is 50.3 cm³/mol. The molecular formula is C9H16N4. The number of nitrogens with two attached hydrogens (primary N) is 1. The largest absolute Gasteiger partial charge is 0.310 e. The van der Waals surface area contributed by atoms with Gasteiger partial charge in [-0.15, -0.1) is 0 Å². The van der Waals surface area contributed by atoms with Gasteiger partial charge in [0.25, 0.3) is 0 Å². The van der Waals surface area contributed by atoms with Crippen LogP contribution in [-0.4, -0.2) is 14.8 Å². The molecule has 0 saturated carbocycles. The number of hydrogen-bond donors (Lipinski definition) is 1. The second kappa shape index (κ2) is 3.10. The third-order valence-electron chi connectivity index (χ3n) is 2.45. The highest BCUT2D eigenvalue weighted by molar-refractivity contribution is 5.00. The maximum Gasteiger partial charge on any atom is 0.153 e. The van der Waals surface area contributed by atoms with Gasteiger partial charge in [0.2, 0.25) is 0 Å². The van der Waals surface area contributed by atoms with Crippen LogP contribution >= 0.6 is 0 Å². The first kappa shape index (κ1) is 8.69. The Balaban J connectivity index is 2.36. The van der Waals surface area contributed by atoms with Crippen molar-refractivity contribution in [2.24, 2.45) is 5.73 Å². The molecule has 1 aliphatic heterocycles. The van der Waals surface area contributed by atoms with E-state index in [-0.39, 0.29) is 6.17 Å². The summed E-state index contributed by atoms with van der Waals surface area (Å²) in [5.74, 6) is 2.38. The molecule has 1 aromatic heterocycles. The maximum atomic E-state index is 5.92. The first-order chi connectivity index (χ1) is 6.18. The topological polar surface area (TPSA) is 56.7 Å². The van der Waals surface area contributed by atoms with Gasteiger partial charge in [-0.1, -0.05) is 13.8 Å². The Morgan fingerprint density at radius 2 is 2.31 bits per heavy atom. The fraction of sp³-hybridized carbons (Fsp3) is 0.778. The fourth-order valence-corrected chi connectivity index (χ4v) is 1.65. The monoisotopic (exact) mass is 180 g/mol. The summed E-state index contributed by atoms with van der Waals surface area (Å²) in [6, 6.07) is 0. The van der Waals surface area contributed by atoms with Crippen LogP contribution in [0.3, 0.4) is 0 Å².